The molecule has 0 saturated heterocycles. The third-order valence-corrected chi connectivity index (χ3v) is 3.88. The van der Waals surface area contributed by atoms with Gasteiger partial charge in [0.2, 0.25) is 0 Å². The van der Waals surface area contributed by atoms with Crippen LogP contribution in [0.25, 0.3) is 22.2 Å². The van der Waals surface area contributed by atoms with Crippen molar-refractivity contribution < 1.29 is 5.11 Å². The van der Waals surface area contributed by atoms with Gasteiger partial charge in [-0.05, 0) is 24.1 Å². The molecule has 0 saturated carbocycles. The molecule has 98 valence electrons. The Balaban J connectivity index is 2.21. The van der Waals surface area contributed by atoms with E-state index in [-0.39, 0.29) is 11.3 Å². The Kier molecular flexibility index (Phi) is 2.21. The van der Waals surface area contributed by atoms with Gasteiger partial charge in [-0.2, -0.15) is 0 Å². The number of aromatic hydroxyl groups is 1. The smallest absolute Gasteiger partial charge is 0.260 e. The Morgan fingerprint density at radius 3 is 2.90 bits per heavy atom. The molecule has 1 N–H and O–H groups in total. The highest BCUT2D eigenvalue weighted by Crippen LogP contribution is 2.37. The maximum atomic E-state index is 12.5. The van der Waals surface area contributed by atoms with Crippen LogP contribution in [-0.4, -0.2) is 14.7 Å². The first-order valence-electron chi connectivity index (χ1n) is 6.56. The SMILES string of the molecule is O=c1c2cccnc2c(O)c2n1CCc1ccccc1-2. The van der Waals surface area contributed by atoms with Gasteiger partial charge in [-0.1, -0.05) is 24.3 Å². The van der Waals surface area contributed by atoms with Crippen LogP contribution in [0, 0.1) is 0 Å². The van der Waals surface area contributed by atoms with Crippen LogP contribution < -0.4 is 5.56 Å². The highest BCUT2D eigenvalue weighted by atomic mass is 16.3. The molecule has 4 rings (SSSR count). The minimum Gasteiger partial charge on any atom is -0.504 e. The Hall–Kier alpha value is -2.62. The second-order valence-electron chi connectivity index (χ2n) is 4.96. The standard InChI is InChI=1S/C16H12N2O2/c19-15-13-12(6-3-8-17-13)16(20)18-9-7-10-4-1-2-5-11(10)14(15)18/h1-6,8,19H,7,9H2. The zero-order valence-electron chi connectivity index (χ0n) is 10.7. The number of rotatable bonds is 0. The molecule has 0 atom stereocenters. The van der Waals surface area contributed by atoms with Crippen LogP contribution in [0.15, 0.2) is 47.4 Å². The number of fused-ring (bicyclic) bond motifs is 4. The zero-order valence-corrected chi connectivity index (χ0v) is 10.7. The second kappa shape index (κ2) is 3.93. The van der Waals surface area contributed by atoms with Gasteiger partial charge in [0.25, 0.3) is 5.56 Å². The number of hydrogen-bond donors (Lipinski definition) is 1. The first-order valence-corrected chi connectivity index (χ1v) is 6.56. The molecule has 0 amide bonds. The van der Waals surface area contributed by atoms with E-state index in [1.807, 2.05) is 24.3 Å². The van der Waals surface area contributed by atoms with Gasteiger partial charge in [0.05, 0.1) is 11.1 Å². The first kappa shape index (κ1) is 11.2. The molecule has 1 aromatic carbocycles. The van der Waals surface area contributed by atoms with Crippen molar-refractivity contribution in [1.29, 1.82) is 0 Å². The first-order chi connectivity index (χ1) is 9.77. The molecule has 0 bridgehead atoms. The van der Waals surface area contributed by atoms with Gasteiger partial charge in [0.15, 0.2) is 5.75 Å². The Labute approximate surface area is 114 Å². The van der Waals surface area contributed by atoms with Crippen molar-refractivity contribution >= 4 is 10.9 Å². The Bertz CT molecular complexity index is 897. The normalized spacial score (nSPS) is 13.0. The summed E-state index contributed by atoms with van der Waals surface area (Å²) in [6.45, 7) is 0.587. The van der Waals surface area contributed by atoms with Gasteiger partial charge < -0.3 is 9.67 Å². The van der Waals surface area contributed by atoms with E-state index in [1.54, 1.807) is 22.9 Å². The summed E-state index contributed by atoms with van der Waals surface area (Å²) in [6.07, 6.45) is 2.39. The average molecular weight is 264 g/mol. The van der Waals surface area contributed by atoms with Crippen molar-refractivity contribution in [2.45, 2.75) is 13.0 Å². The highest BCUT2D eigenvalue weighted by Gasteiger charge is 2.23. The molecule has 1 aliphatic heterocycles. The minimum absolute atomic E-state index is 0.0876. The molecule has 1 aliphatic rings. The second-order valence-corrected chi connectivity index (χ2v) is 4.96. The van der Waals surface area contributed by atoms with Gasteiger partial charge in [0.1, 0.15) is 5.52 Å². The fourth-order valence-electron chi connectivity index (χ4n) is 2.94. The van der Waals surface area contributed by atoms with E-state index in [2.05, 4.69) is 4.98 Å². The fourth-order valence-corrected chi connectivity index (χ4v) is 2.94. The largest absolute Gasteiger partial charge is 0.504 e. The van der Waals surface area contributed by atoms with Crippen LogP contribution in [0.2, 0.25) is 0 Å². The number of aromatic nitrogens is 2. The fraction of sp³-hybridized carbons (Fsp3) is 0.125. The summed E-state index contributed by atoms with van der Waals surface area (Å²) >= 11 is 0. The van der Waals surface area contributed by atoms with Crippen LogP contribution in [0.4, 0.5) is 0 Å². The molecule has 0 aliphatic carbocycles. The van der Waals surface area contributed by atoms with E-state index in [0.29, 0.717) is 23.1 Å². The minimum atomic E-state index is -0.0876. The number of nitrogens with zero attached hydrogens (tertiary/aromatic N) is 2. The summed E-state index contributed by atoms with van der Waals surface area (Å²) in [7, 11) is 0. The van der Waals surface area contributed by atoms with E-state index < -0.39 is 0 Å². The van der Waals surface area contributed by atoms with E-state index in [9.17, 15) is 9.90 Å². The van der Waals surface area contributed by atoms with Crippen molar-refractivity contribution in [3.8, 4) is 17.0 Å². The molecule has 4 nitrogen and oxygen atoms in total. The number of aryl methyl sites for hydroxylation is 1. The zero-order chi connectivity index (χ0) is 13.7. The van der Waals surface area contributed by atoms with Crippen LogP contribution >= 0.6 is 0 Å². The van der Waals surface area contributed by atoms with Crippen LogP contribution in [-0.2, 0) is 13.0 Å². The third-order valence-electron chi connectivity index (χ3n) is 3.88. The lowest BCUT2D eigenvalue weighted by Gasteiger charge is -2.23. The lowest BCUT2D eigenvalue weighted by Crippen LogP contribution is -2.26. The van der Waals surface area contributed by atoms with Crippen molar-refractivity contribution in [2.24, 2.45) is 0 Å². The molecule has 0 unspecified atom stereocenters. The van der Waals surface area contributed by atoms with Crippen LogP contribution in [0.3, 0.4) is 0 Å². The van der Waals surface area contributed by atoms with E-state index in [4.69, 9.17) is 0 Å². The van der Waals surface area contributed by atoms with Gasteiger partial charge >= 0.3 is 0 Å². The van der Waals surface area contributed by atoms with Crippen molar-refractivity contribution in [3.05, 3.63) is 58.5 Å². The Morgan fingerprint density at radius 2 is 2.00 bits per heavy atom. The molecule has 0 fully saturated rings. The maximum Gasteiger partial charge on any atom is 0.260 e. The number of hydrogen-bond acceptors (Lipinski definition) is 3. The van der Waals surface area contributed by atoms with E-state index in [1.165, 1.54) is 0 Å². The van der Waals surface area contributed by atoms with Gasteiger partial charge in [-0.3, -0.25) is 9.78 Å². The van der Waals surface area contributed by atoms with Crippen LogP contribution in [0.5, 0.6) is 5.75 Å². The van der Waals surface area contributed by atoms with Crippen molar-refractivity contribution in [1.82, 2.24) is 9.55 Å². The molecular formula is C16H12N2O2. The van der Waals surface area contributed by atoms with Gasteiger partial charge in [-0.25, -0.2) is 0 Å². The molecule has 4 heteroatoms. The molecule has 3 aromatic rings. The summed E-state index contributed by atoms with van der Waals surface area (Å²) < 4.78 is 1.65. The molecule has 0 radical (unpaired) electrons. The quantitative estimate of drug-likeness (QED) is 0.678. The molecular weight excluding hydrogens is 252 g/mol. The lowest BCUT2D eigenvalue weighted by atomic mass is 9.96. The molecule has 20 heavy (non-hydrogen) atoms. The summed E-state index contributed by atoms with van der Waals surface area (Å²) in [5.41, 5.74) is 2.94. The van der Waals surface area contributed by atoms with Crippen molar-refractivity contribution in [3.63, 3.8) is 0 Å². The molecule has 2 aromatic heterocycles. The highest BCUT2D eigenvalue weighted by molar-refractivity contribution is 5.90. The topological polar surface area (TPSA) is 55.1 Å². The van der Waals surface area contributed by atoms with Crippen LogP contribution in [0.1, 0.15) is 5.56 Å². The van der Waals surface area contributed by atoms with E-state index in [0.717, 1.165) is 17.5 Å². The summed E-state index contributed by atoms with van der Waals surface area (Å²) in [4.78, 5) is 16.7. The number of pyridine rings is 2. The average Bonchev–Trinajstić information content (AvgIpc) is 2.51. The van der Waals surface area contributed by atoms with Gasteiger partial charge in [0, 0.05) is 18.3 Å². The third kappa shape index (κ3) is 1.36. The predicted molar refractivity (Wildman–Crippen MR) is 76.8 cm³/mol. The number of benzene rings is 1. The summed E-state index contributed by atoms with van der Waals surface area (Å²) in [6, 6.07) is 11.3. The monoisotopic (exact) mass is 264 g/mol. The predicted octanol–water partition coefficient (Wildman–Crippen LogP) is 2.33. The van der Waals surface area contributed by atoms with E-state index >= 15 is 0 Å². The molecule has 0 spiro atoms. The maximum absolute atomic E-state index is 12.5. The molecule has 3 heterocycles. The summed E-state index contributed by atoms with van der Waals surface area (Å²) in [5.74, 6) is 0.0901. The van der Waals surface area contributed by atoms with Gasteiger partial charge in [-0.15, -0.1) is 0 Å². The van der Waals surface area contributed by atoms with Crippen molar-refractivity contribution in [2.75, 3.05) is 0 Å². The summed E-state index contributed by atoms with van der Waals surface area (Å²) in [5, 5.41) is 11.0. The lowest BCUT2D eigenvalue weighted by molar-refractivity contribution is 0.471. The Morgan fingerprint density at radius 1 is 1.15 bits per heavy atom.